The Morgan fingerprint density at radius 3 is 2.44 bits per heavy atom. The molecule has 82 valence electrons. The van der Waals surface area contributed by atoms with Gasteiger partial charge in [-0.1, -0.05) is 18.5 Å². The molecular weight excluding hydrogens is 224 g/mol. The molecule has 0 saturated carbocycles. The summed E-state index contributed by atoms with van der Waals surface area (Å²) in [5.74, 6) is -0.580. The lowest BCUT2D eigenvalue weighted by Crippen LogP contribution is -2.15. The van der Waals surface area contributed by atoms with Crippen LogP contribution in [0.1, 0.15) is 31.8 Å². The Morgan fingerprint density at radius 2 is 2.00 bits per heavy atom. The number of anilines is 1. The number of nitriles is 2. The number of rotatable bonds is 2. The zero-order chi connectivity index (χ0) is 17.3. The van der Waals surface area contributed by atoms with Crippen LogP contribution in [0.5, 0.6) is 0 Å². The van der Waals surface area contributed by atoms with Crippen molar-refractivity contribution in [3.05, 3.63) is 21.8 Å². The number of nitrogens with zero attached hydrogens (tertiary/aromatic N) is 4. The summed E-state index contributed by atoms with van der Waals surface area (Å²) in [6.45, 7) is -4.50. The average Bonchev–Trinajstić information content (AvgIpc) is 2.34. The molecular formula is C11H11ClN4. The van der Waals surface area contributed by atoms with Crippen molar-refractivity contribution < 1.29 is 8.22 Å². The van der Waals surface area contributed by atoms with Crippen LogP contribution in [0.4, 0.5) is 5.82 Å². The van der Waals surface area contributed by atoms with E-state index in [1.807, 2.05) is 0 Å². The minimum Gasteiger partial charge on any atom is -0.362 e. The quantitative estimate of drug-likeness (QED) is 0.743. The molecule has 0 unspecified atom stereocenters. The van der Waals surface area contributed by atoms with Gasteiger partial charge in [-0.2, -0.15) is 10.5 Å². The molecule has 0 amide bonds. The summed E-state index contributed by atoms with van der Waals surface area (Å²) in [7, 11) is 0. The Balaban J connectivity index is 3.85. The highest BCUT2D eigenvalue weighted by molar-refractivity contribution is 6.30. The molecule has 0 spiro atoms. The largest absolute Gasteiger partial charge is 0.362 e. The number of aromatic nitrogens is 1. The van der Waals surface area contributed by atoms with E-state index in [1.54, 1.807) is 19.1 Å². The summed E-state index contributed by atoms with van der Waals surface area (Å²) < 4.78 is 44.4. The molecule has 0 aromatic carbocycles. The van der Waals surface area contributed by atoms with Crippen molar-refractivity contribution in [1.29, 1.82) is 10.5 Å². The highest BCUT2D eigenvalue weighted by Crippen LogP contribution is 2.27. The van der Waals surface area contributed by atoms with Gasteiger partial charge in [-0.05, 0) is 12.0 Å². The molecule has 0 radical (unpaired) electrons. The lowest BCUT2D eigenvalue weighted by Gasteiger charge is -2.16. The van der Waals surface area contributed by atoms with E-state index in [9.17, 15) is 5.26 Å². The van der Waals surface area contributed by atoms with Crippen molar-refractivity contribution in [2.45, 2.75) is 13.3 Å². The van der Waals surface area contributed by atoms with Crippen molar-refractivity contribution in [1.82, 2.24) is 4.98 Å². The standard InChI is InChI=1S/C11H11ClN4/c1-4-7-8(5-13)10(12)15-11(16(2)3)9(7)6-14/h4H2,1-3H3/i2D3,3D3. The van der Waals surface area contributed by atoms with Gasteiger partial charge in [0.05, 0.1) is 11.1 Å². The molecule has 0 aliphatic rings. The molecule has 1 rings (SSSR count). The second-order valence-corrected chi connectivity index (χ2v) is 3.23. The monoisotopic (exact) mass is 240 g/mol. The van der Waals surface area contributed by atoms with Crippen LogP contribution in [0, 0.1) is 22.7 Å². The summed E-state index contributed by atoms with van der Waals surface area (Å²) in [4.78, 5) is 3.77. The second kappa shape index (κ2) is 4.83. The summed E-state index contributed by atoms with van der Waals surface area (Å²) >= 11 is 5.85. The van der Waals surface area contributed by atoms with Crippen molar-refractivity contribution >= 4 is 17.4 Å². The molecule has 0 aliphatic carbocycles. The maximum absolute atomic E-state index is 9.29. The Morgan fingerprint density at radius 1 is 1.38 bits per heavy atom. The molecule has 4 nitrogen and oxygen atoms in total. The van der Waals surface area contributed by atoms with Crippen molar-refractivity contribution in [3.8, 4) is 12.1 Å². The van der Waals surface area contributed by atoms with E-state index in [4.69, 9.17) is 25.1 Å². The van der Waals surface area contributed by atoms with Crippen molar-refractivity contribution in [2.24, 2.45) is 0 Å². The van der Waals surface area contributed by atoms with E-state index >= 15 is 0 Å². The molecule has 0 atom stereocenters. The fraction of sp³-hybridized carbons (Fsp3) is 0.364. The Labute approximate surface area is 108 Å². The summed E-state index contributed by atoms with van der Waals surface area (Å²) in [5.41, 5.74) is -0.185. The molecule has 1 aromatic heterocycles. The molecule has 0 fully saturated rings. The van der Waals surface area contributed by atoms with Gasteiger partial charge < -0.3 is 4.90 Å². The number of hydrogen-bond donors (Lipinski definition) is 0. The number of pyridine rings is 1. The lowest BCUT2D eigenvalue weighted by molar-refractivity contribution is 1.02. The van der Waals surface area contributed by atoms with E-state index in [2.05, 4.69) is 4.98 Å². The molecule has 1 aromatic rings. The van der Waals surface area contributed by atoms with Gasteiger partial charge in [0.15, 0.2) is 0 Å². The second-order valence-electron chi connectivity index (χ2n) is 2.87. The first-order valence-corrected chi connectivity index (χ1v) is 4.69. The van der Waals surface area contributed by atoms with Gasteiger partial charge in [-0.25, -0.2) is 4.98 Å². The Kier molecular flexibility index (Phi) is 1.83. The molecule has 0 bridgehead atoms. The van der Waals surface area contributed by atoms with Crippen molar-refractivity contribution in [2.75, 3.05) is 18.9 Å². The van der Waals surface area contributed by atoms with Crippen LogP contribution in [-0.4, -0.2) is 18.9 Å². The van der Waals surface area contributed by atoms with E-state index in [1.165, 1.54) is 0 Å². The number of hydrogen-bond acceptors (Lipinski definition) is 4. The molecule has 5 heteroatoms. The first kappa shape index (κ1) is 6.08. The third-order valence-corrected chi connectivity index (χ3v) is 2.30. The minimum absolute atomic E-state index is 0.0690. The Hall–Kier alpha value is -1.78. The van der Waals surface area contributed by atoms with E-state index in [0.29, 0.717) is 0 Å². The van der Waals surface area contributed by atoms with E-state index < -0.39 is 19.8 Å². The van der Waals surface area contributed by atoms with Crippen LogP contribution in [0.3, 0.4) is 0 Å². The minimum atomic E-state index is -3.06. The first-order valence-electron chi connectivity index (χ1n) is 7.31. The van der Waals surface area contributed by atoms with Crippen LogP contribution >= 0.6 is 11.6 Å². The van der Waals surface area contributed by atoms with E-state index in [-0.39, 0.29) is 33.2 Å². The SMILES string of the molecule is [2H]C([2H])([2H])N(c1nc(Cl)c(C#N)c(CC)c1C#N)C([2H])([2H])[2H]. The third-order valence-electron chi connectivity index (χ3n) is 2.03. The van der Waals surface area contributed by atoms with Crippen LogP contribution in [0.25, 0.3) is 0 Å². The highest BCUT2D eigenvalue weighted by Gasteiger charge is 2.18. The van der Waals surface area contributed by atoms with Gasteiger partial charge in [0, 0.05) is 22.2 Å². The van der Waals surface area contributed by atoms with Gasteiger partial charge in [0.2, 0.25) is 0 Å². The van der Waals surface area contributed by atoms with Gasteiger partial charge in [-0.3, -0.25) is 0 Å². The fourth-order valence-corrected chi connectivity index (χ4v) is 1.57. The topological polar surface area (TPSA) is 63.7 Å². The number of halogens is 1. The van der Waals surface area contributed by atoms with Crippen LogP contribution < -0.4 is 4.90 Å². The zero-order valence-electron chi connectivity index (χ0n) is 14.4. The van der Waals surface area contributed by atoms with Crippen molar-refractivity contribution in [3.63, 3.8) is 0 Å². The lowest BCUT2D eigenvalue weighted by atomic mass is 10.0. The van der Waals surface area contributed by atoms with Gasteiger partial charge in [-0.15, -0.1) is 0 Å². The summed E-state index contributed by atoms with van der Waals surface area (Å²) in [6.07, 6.45) is 0.191. The van der Waals surface area contributed by atoms with Gasteiger partial charge >= 0.3 is 0 Å². The first-order chi connectivity index (χ1) is 9.98. The average molecular weight is 241 g/mol. The summed E-state index contributed by atoms with van der Waals surface area (Å²) in [6, 6.07) is 3.52. The van der Waals surface area contributed by atoms with E-state index in [0.717, 1.165) is 0 Å². The van der Waals surface area contributed by atoms with Gasteiger partial charge in [0.25, 0.3) is 0 Å². The van der Waals surface area contributed by atoms with Crippen LogP contribution in [0.15, 0.2) is 0 Å². The molecule has 1 heterocycles. The predicted molar refractivity (Wildman–Crippen MR) is 62.4 cm³/mol. The summed E-state index contributed by atoms with van der Waals surface area (Å²) in [5, 5.41) is 18.0. The normalized spacial score (nSPS) is 16.5. The molecule has 0 N–H and O–H groups in total. The Bertz CT molecular complexity index is 654. The maximum atomic E-state index is 9.29. The third kappa shape index (κ3) is 1.93. The highest BCUT2D eigenvalue weighted by atomic mass is 35.5. The zero-order valence-corrected chi connectivity index (χ0v) is 9.13. The molecule has 0 saturated heterocycles. The fourth-order valence-electron chi connectivity index (χ4n) is 1.34. The molecule has 16 heavy (non-hydrogen) atoms. The van der Waals surface area contributed by atoms with Crippen LogP contribution in [0.2, 0.25) is 5.15 Å². The van der Waals surface area contributed by atoms with Crippen LogP contribution in [-0.2, 0) is 6.42 Å². The maximum Gasteiger partial charge on any atom is 0.149 e. The smallest absolute Gasteiger partial charge is 0.149 e. The predicted octanol–water partition coefficient (Wildman–Crippen LogP) is 2.11. The van der Waals surface area contributed by atoms with Gasteiger partial charge in [0.1, 0.15) is 23.1 Å². The molecule has 0 aliphatic heterocycles.